The van der Waals surface area contributed by atoms with Crippen LogP contribution in [-0.4, -0.2) is 44.8 Å². The van der Waals surface area contributed by atoms with Gasteiger partial charge in [0.2, 0.25) is 15.9 Å². The molecule has 0 spiro atoms. The predicted octanol–water partition coefficient (Wildman–Crippen LogP) is 2.51. The lowest BCUT2D eigenvalue weighted by atomic mass is 9.97. The molecule has 3 rings (SSSR count). The van der Waals surface area contributed by atoms with E-state index in [2.05, 4.69) is 10.1 Å². The number of nitrogens with zero attached hydrogens (tertiary/aromatic N) is 1. The Morgan fingerprint density at radius 2 is 1.71 bits per heavy atom. The topological polar surface area (TPSA) is 92.8 Å². The van der Waals surface area contributed by atoms with Gasteiger partial charge in [0.25, 0.3) is 0 Å². The maximum Gasteiger partial charge on any atom is 0.337 e. The molecule has 0 bridgehead atoms. The number of para-hydroxylation sites is 1. The van der Waals surface area contributed by atoms with E-state index in [9.17, 15) is 18.0 Å². The summed E-state index contributed by atoms with van der Waals surface area (Å²) >= 11 is 0. The molecule has 7 nitrogen and oxygen atoms in total. The molecule has 0 saturated carbocycles. The van der Waals surface area contributed by atoms with Crippen molar-refractivity contribution in [2.45, 2.75) is 17.7 Å². The molecule has 0 radical (unpaired) electrons. The standard InChI is InChI=1S/C20H22N2O5S/c1-27-20(24)16-6-5-9-18(14-16)28(25,26)22-12-10-15(11-13-22)19(23)21-17-7-3-2-4-8-17/h2-9,14-15H,10-13H2,1H3,(H,21,23). The van der Waals surface area contributed by atoms with E-state index in [-0.39, 0.29) is 35.4 Å². The number of amides is 1. The molecule has 1 aliphatic rings. The van der Waals surface area contributed by atoms with Crippen molar-refractivity contribution in [1.82, 2.24) is 4.31 Å². The molecule has 1 amide bonds. The number of esters is 1. The van der Waals surface area contributed by atoms with E-state index >= 15 is 0 Å². The van der Waals surface area contributed by atoms with E-state index in [0.717, 1.165) is 5.69 Å². The second-order valence-corrected chi connectivity index (χ2v) is 8.49. The van der Waals surface area contributed by atoms with Gasteiger partial charge < -0.3 is 10.1 Å². The Balaban J connectivity index is 1.65. The van der Waals surface area contributed by atoms with Gasteiger partial charge in [0.15, 0.2) is 0 Å². The molecule has 28 heavy (non-hydrogen) atoms. The second-order valence-electron chi connectivity index (χ2n) is 6.55. The number of piperidine rings is 1. The van der Waals surface area contributed by atoms with Gasteiger partial charge in [-0.1, -0.05) is 24.3 Å². The Hall–Kier alpha value is -2.71. The van der Waals surface area contributed by atoms with Gasteiger partial charge in [-0.3, -0.25) is 4.79 Å². The summed E-state index contributed by atoms with van der Waals surface area (Å²) in [6.45, 7) is 0.495. The molecule has 148 valence electrons. The van der Waals surface area contributed by atoms with Crippen LogP contribution in [0.3, 0.4) is 0 Å². The predicted molar refractivity (Wildman–Crippen MR) is 104 cm³/mol. The molecule has 0 unspecified atom stereocenters. The number of hydrogen-bond donors (Lipinski definition) is 1. The lowest BCUT2D eigenvalue weighted by Gasteiger charge is -2.30. The number of carbonyl (C=O) groups excluding carboxylic acids is 2. The fraction of sp³-hybridized carbons (Fsp3) is 0.300. The fourth-order valence-corrected chi connectivity index (χ4v) is 4.69. The highest BCUT2D eigenvalue weighted by atomic mass is 32.2. The number of ether oxygens (including phenoxy) is 1. The first-order valence-electron chi connectivity index (χ1n) is 8.96. The van der Waals surface area contributed by atoms with Crippen molar-refractivity contribution in [3.8, 4) is 0 Å². The van der Waals surface area contributed by atoms with Crippen molar-refractivity contribution in [2.24, 2.45) is 5.92 Å². The lowest BCUT2D eigenvalue weighted by Crippen LogP contribution is -2.41. The summed E-state index contributed by atoms with van der Waals surface area (Å²) in [6.07, 6.45) is 0.878. The zero-order chi connectivity index (χ0) is 20.1. The monoisotopic (exact) mass is 402 g/mol. The molecule has 8 heteroatoms. The Bertz CT molecular complexity index is 952. The maximum absolute atomic E-state index is 12.9. The zero-order valence-corrected chi connectivity index (χ0v) is 16.3. The molecule has 0 aliphatic carbocycles. The quantitative estimate of drug-likeness (QED) is 0.776. The van der Waals surface area contributed by atoms with Crippen LogP contribution < -0.4 is 5.32 Å². The van der Waals surface area contributed by atoms with Crippen LogP contribution in [0.4, 0.5) is 5.69 Å². The molecule has 1 heterocycles. The van der Waals surface area contributed by atoms with Crippen LogP contribution in [0.25, 0.3) is 0 Å². The van der Waals surface area contributed by atoms with Crippen molar-refractivity contribution in [3.05, 3.63) is 60.2 Å². The minimum absolute atomic E-state index is 0.0441. The summed E-state index contributed by atoms with van der Waals surface area (Å²) in [6, 6.07) is 15.0. The number of anilines is 1. The Labute approximate surface area is 164 Å². The van der Waals surface area contributed by atoms with Crippen molar-refractivity contribution in [1.29, 1.82) is 0 Å². The number of nitrogens with one attached hydrogen (secondary N) is 1. The second kappa shape index (κ2) is 8.53. The molecule has 2 aromatic rings. The molecule has 1 saturated heterocycles. The summed E-state index contributed by atoms with van der Waals surface area (Å²) < 4.78 is 31.8. The zero-order valence-electron chi connectivity index (χ0n) is 15.5. The van der Waals surface area contributed by atoms with E-state index < -0.39 is 16.0 Å². The van der Waals surface area contributed by atoms with Gasteiger partial charge in [-0.25, -0.2) is 13.2 Å². The van der Waals surface area contributed by atoms with Crippen LogP contribution in [0.1, 0.15) is 23.2 Å². The van der Waals surface area contributed by atoms with E-state index in [0.29, 0.717) is 12.8 Å². The number of hydrogen-bond acceptors (Lipinski definition) is 5. The maximum atomic E-state index is 12.9. The van der Waals surface area contributed by atoms with Gasteiger partial charge >= 0.3 is 5.97 Å². The molecule has 1 aliphatic heterocycles. The summed E-state index contributed by atoms with van der Waals surface area (Å²) in [7, 11) is -2.50. The van der Waals surface area contributed by atoms with Crippen molar-refractivity contribution in [3.63, 3.8) is 0 Å². The summed E-state index contributed by atoms with van der Waals surface area (Å²) in [5.74, 6) is -0.933. The van der Waals surface area contributed by atoms with Gasteiger partial charge in [-0.05, 0) is 43.2 Å². The van der Waals surface area contributed by atoms with E-state index in [4.69, 9.17) is 0 Å². The molecule has 1 fully saturated rings. The van der Waals surface area contributed by atoms with E-state index in [1.807, 2.05) is 30.3 Å². The largest absolute Gasteiger partial charge is 0.465 e. The lowest BCUT2D eigenvalue weighted by molar-refractivity contribution is -0.120. The minimum atomic E-state index is -3.74. The fourth-order valence-electron chi connectivity index (χ4n) is 3.17. The highest BCUT2D eigenvalue weighted by molar-refractivity contribution is 7.89. The third kappa shape index (κ3) is 4.40. The third-order valence-corrected chi connectivity index (χ3v) is 6.65. The van der Waals surface area contributed by atoms with Gasteiger partial charge in [-0.2, -0.15) is 4.31 Å². The average molecular weight is 402 g/mol. The van der Waals surface area contributed by atoms with Gasteiger partial charge in [0, 0.05) is 24.7 Å². The van der Waals surface area contributed by atoms with Crippen molar-refractivity contribution in [2.75, 3.05) is 25.5 Å². The first kappa shape index (κ1) is 20.0. The first-order valence-corrected chi connectivity index (χ1v) is 10.4. The van der Waals surface area contributed by atoms with Crippen LogP contribution in [0.15, 0.2) is 59.5 Å². The normalized spacial score (nSPS) is 15.8. The van der Waals surface area contributed by atoms with Crippen LogP contribution in [0, 0.1) is 5.92 Å². The molecular formula is C20H22N2O5S. The highest BCUT2D eigenvalue weighted by Crippen LogP contribution is 2.25. The highest BCUT2D eigenvalue weighted by Gasteiger charge is 2.32. The van der Waals surface area contributed by atoms with Crippen LogP contribution in [-0.2, 0) is 19.6 Å². The minimum Gasteiger partial charge on any atom is -0.465 e. The van der Waals surface area contributed by atoms with Crippen molar-refractivity contribution < 1.29 is 22.7 Å². The van der Waals surface area contributed by atoms with Crippen LogP contribution >= 0.6 is 0 Å². The average Bonchev–Trinajstić information content (AvgIpc) is 2.74. The van der Waals surface area contributed by atoms with E-state index in [1.54, 1.807) is 0 Å². The van der Waals surface area contributed by atoms with Crippen molar-refractivity contribution >= 4 is 27.6 Å². The summed E-state index contributed by atoms with van der Waals surface area (Å²) in [5, 5.41) is 2.86. The Kier molecular flexibility index (Phi) is 6.11. The number of sulfonamides is 1. The smallest absolute Gasteiger partial charge is 0.337 e. The van der Waals surface area contributed by atoms with Gasteiger partial charge in [0.1, 0.15) is 0 Å². The Morgan fingerprint density at radius 3 is 2.36 bits per heavy atom. The number of benzene rings is 2. The van der Waals surface area contributed by atoms with Gasteiger partial charge in [0.05, 0.1) is 17.6 Å². The molecular weight excluding hydrogens is 380 g/mol. The summed E-state index contributed by atoms with van der Waals surface area (Å²) in [5.41, 5.74) is 0.905. The number of rotatable bonds is 5. The third-order valence-electron chi connectivity index (χ3n) is 4.76. The number of carbonyl (C=O) groups is 2. The molecule has 0 aromatic heterocycles. The molecule has 1 N–H and O–H groups in total. The first-order chi connectivity index (χ1) is 13.4. The van der Waals surface area contributed by atoms with Crippen LogP contribution in [0.5, 0.6) is 0 Å². The summed E-state index contributed by atoms with van der Waals surface area (Å²) in [4.78, 5) is 24.1. The van der Waals surface area contributed by atoms with Gasteiger partial charge in [-0.15, -0.1) is 0 Å². The molecule has 2 aromatic carbocycles. The Morgan fingerprint density at radius 1 is 1.04 bits per heavy atom. The SMILES string of the molecule is COC(=O)c1cccc(S(=O)(=O)N2CCC(C(=O)Nc3ccccc3)CC2)c1. The molecule has 0 atom stereocenters. The van der Waals surface area contributed by atoms with Crippen LogP contribution in [0.2, 0.25) is 0 Å². The number of methoxy groups -OCH3 is 1. The van der Waals surface area contributed by atoms with E-state index in [1.165, 1.54) is 35.7 Å².